The highest BCUT2D eigenvalue weighted by atomic mass is 16.5. The monoisotopic (exact) mass is 496 g/mol. The van der Waals surface area contributed by atoms with Crippen molar-refractivity contribution in [3.8, 4) is 5.75 Å². The lowest BCUT2D eigenvalue weighted by Crippen LogP contribution is -2.29. The molecule has 2 aromatic heterocycles. The van der Waals surface area contributed by atoms with E-state index in [2.05, 4.69) is 27.3 Å². The summed E-state index contributed by atoms with van der Waals surface area (Å²) in [7, 11) is 1.62. The molecule has 0 atom stereocenters. The number of carbonyl (C=O) groups is 1. The van der Waals surface area contributed by atoms with Gasteiger partial charge in [-0.05, 0) is 80.4 Å². The van der Waals surface area contributed by atoms with Gasteiger partial charge in [0.05, 0.1) is 35.8 Å². The lowest BCUT2D eigenvalue weighted by Gasteiger charge is -2.26. The summed E-state index contributed by atoms with van der Waals surface area (Å²) in [6.45, 7) is 5.44. The zero-order valence-corrected chi connectivity index (χ0v) is 21.4. The molecule has 2 aromatic carbocycles. The van der Waals surface area contributed by atoms with Crippen molar-refractivity contribution >= 4 is 22.5 Å². The highest BCUT2D eigenvalue weighted by Gasteiger charge is 2.15. The number of carbonyl (C=O) groups excluding carboxylic acids is 1. The number of amides is 1. The van der Waals surface area contributed by atoms with Crippen LogP contribution in [-0.2, 0) is 13.1 Å². The normalized spacial score (nSPS) is 14.0. The number of rotatable bonds is 7. The van der Waals surface area contributed by atoms with Crippen LogP contribution < -0.4 is 15.6 Å². The Morgan fingerprint density at radius 2 is 1.62 bits per heavy atom. The number of aromatic nitrogens is 2. The van der Waals surface area contributed by atoms with E-state index in [-0.39, 0.29) is 11.5 Å². The van der Waals surface area contributed by atoms with Gasteiger partial charge in [-0.3, -0.25) is 19.5 Å². The predicted molar refractivity (Wildman–Crippen MR) is 146 cm³/mol. The van der Waals surface area contributed by atoms with E-state index in [1.807, 2.05) is 42.5 Å². The largest absolute Gasteiger partial charge is 0.497 e. The van der Waals surface area contributed by atoms with E-state index in [0.29, 0.717) is 28.7 Å². The Morgan fingerprint density at radius 3 is 2.32 bits per heavy atom. The summed E-state index contributed by atoms with van der Waals surface area (Å²) in [5.41, 5.74) is 4.30. The molecular weight excluding hydrogens is 464 g/mol. The van der Waals surface area contributed by atoms with E-state index < -0.39 is 0 Å². The van der Waals surface area contributed by atoms with Gasteiger partial charge in [0.25, 0.3) is 11.5 Å². The average Bonchev–Trinajstić information content (AvgIpc) is 2.92. The van der Waals surface area contributed by atoms with Crippen molar-refractivity contribution < 1.29 is 9.53 Å². The predicted octanol–water partition coefficient (Wildman–Crippen LogP) is 5.00. The van der Waals surface area contributed by atoms with Crippen molar-refractivity contribution in [3.63, 3.8) is 0 Å². The van der Waals surface area contributed by atoms with Crippen molar-refractivity contribution in [2.24, 2.45) is 0 Å². The zero-order chi connectivity index (χ0) is 25.8. The molecule has 0 bridgehead atoms. The molecule has 0 radical (unpaired) electrons. The van der Waals surface area contributed by atoms with Crippen LogP contribution in [0.1, 0.15) is 46.4 Å². The number of hydrogen-bond acceptors (Lipinski definition) is 5. The molecule has 0 saturated carbocycles. The van der Waals surface area contributed by atoms with Crippen LogP contribution in [0.3, 0.4) is 0 Å². The van der Waals surface area contributed by atoms with Crippen molar-refractivity contribution in [3.05, 3.63) is 99.6 Å². The molecule has 0 spiro atoms. The zero-order valence-electron chi connectivity index (χ0n) is 21.4. The van der Waals surface area contributed by atoms with Gasteiger partial charge in [0.2, 0.25) is 0 Å². The standard InChI is InChI=1S/C30H32N4O3/c1-21-26(29(35)32-24-10-6-22(7-11-24)19-33-15-4-3-5-16-33)18-27-28(31-21)14-17-34(30(27)36)20-23-8-12-25(37-2)13-9-23/h6-14,17-18H,3-5,15-16,19-20H2,1-2H3,(H,32,35). The number of likely N-dealkylation sites (tertiary alicyclic amines) is 1. The Kier molecular flexibility index (Phi) is 7.32. The third-order valence-corrected chi connectivity index (χ3v) is 6.97. The SMILES string of the molecule is COc1ccc(Cn2ccc3nc(C)c(C(=O)Nc4ccc(CN5CCCCC5)cc4)cc3c2=O)cc1. The summed E-state index contributed by atoms with van der Waals surface area (Å²) in [6.07, 6.45) is 5.59. The van der Waals surface area contributed by atoms with E-state index >= 15 is 0 Å². The number of pyridine rings is 2. The van der Waals surface area contributed by atoms with Crippen LogP contribution in [-0.4, -0.2) is 40.6 Å². The van der Waals surface area contributed by atoms with Crippen molar-refractivity contribution in [1.82, 2.24) is 14.5 Å². The van der Waals surface area contributed by atoms with Crippen LogP contribution in [0.15, 0.2) is 71.7 Å². The second-order valence-electron chi connectivity index (χ2n) is 9.64. The fourth-order valence-corrected chi connectivity index (χ4v) is 4.85. The average molecular weight is 497 g/mol. The van der Waals surface area contributed by atoms with Gasteiger partial charge in [0, 0.05) is 18.4 Å². The summed E-state index contributed by atoms with van der Waals surface area (Å²) in [6, 6.07) is 19.1. The molecule has 7 heteroatoms. The maximum Gasteiger partial charge on any atom is 0.260 e. The lowest BCUT2D eigenvalue weighted by molar-refractivity contribution is 0.102. The Balaban J connectivity index is 1.33. The van der Waals surface area contributed by atoms with Gasteiger partial charge in [-0.1, -0.05) is 30.7 Å². The van der Waals surface area contributed by atoms with Gasteiger partial charge >= 0.3 is 0 Å². The molecule has 0 unspecified atom stereocenters. The Labute approximate surface area is 216 Å². The molecule has 0 aliphatic carbocycles. The Hall–Kier alpha value is -3.97. The van der Waals surface area contributed by atoms with Gasteiger partial charge in [0.1, 0.15) is 5.75 Å². The van der Waals surface area contributed by atoms with Crippen molar-refractivity contribution in [2.45, 2.75) is 39.3 Å². The van der Waals surface area contributed by atoms with Crippen molar-refractivity contribution in [1.29, 1.82) is 0 Å². The van der Waals surface area contributed by atoms with Gasteiger partial charge in [-0.15, -0.1) is 0 Å². The van der Waals surface area contributed by atoms with E-state index in [1.54, 1.807) is 30.9 Å². The van der Waals surface area contributed by atoms with Crippen LogP contribution in [0.4, 0.5) is 5.69 Å². The van der Waals surface area contributed by atoms with Gasteiger partial charge in [0.15, 0.2) is 0 Å². The Bertz CT molecular complexity index is 1450. The number of nitrogens with one attached hydrogen (secondary N) is 1. The van der Waals surface area contributed by atoms with E-state index in [1.165, 1.54) is 24.8 Å². The molecule has 1 aliphatic rings. The highest BCUT2D eigenvalue weighted by molar-refractivity contribution is 6.06. The fraction of sp³-hybridized carbons (Fsp3) is 0.300. The number of anilines is 1. The van der Waals surface area contributed by atoms with Gasteiger partial charge in [-0.2, -0.15) is 0 Å². The topological polar surface area (TPSA) is 76.5 Å². The molecule has 1 N–H and O–H groups in total. The van der Waals surface area contributed by atoms with Crippen LogP contribution in [0.2, 0.25) is 0 Å². The van der Waals surface area contributed by atoms with Gasteiger partial charge in [-0.25, -0.2) is 0 Å². The number of aryl methyl sites for hydroxylation is 1. The third kappa shape index (κ3) is 5.73. The molecule has 3 heterocycles. The second kappa shape index (κ2) is 11.0. The van der Waals surface area contributed by atoms with Crippen LogP contribution in [0.5, 0.6) is 5.75 Å². The quantitative estimate of drug-likeness (QED) is 0.390. The summed E-state index contributed by atoms with van der Waals surface area (Å²) in [5, 5.41) is 3.39. The molecule has 1 amide bonds. The number of ether oxygens (including phenoxy) is 1. The number of hydrogen-bond donors (Lipinski definition) is 1. The van der Waals surface area contributed by atoms with Crippen LogP contribution in [0.25, 0.3) is 10.9 Å². The number of fused-ring (bicyclic) bond motifs is 1. The minimum absolute atomic E-state index is 0.183. The Morgan fingerprint density at radius 1 is 0.946 bits per heavy atom. The maximum absolute atomic E-state index is 13.3. The van der Waals surface area contributed by atoms with E-state index in [4.69, 9.17) is 4.74 Å². The second-order valence-corrected chi connectivity index (χ2v) is 9.64. The van der Waals surface area contributed by atoms with Crippen molar-refractivity contribution in [2.75, 3.05) is 25.5 Å². The summed E-state index contributed by atoms with van der Waals surface area (Å²) >= 11 is 0. The maximum atomic E-state index is 13.3. The summed E-state index contributed by atoms with van der Waals surface area (Å²) < 4.78 is 6.84. The molecule has 190 valence electrons. The molecule has 1 saturated heterocycles. The van der Waals surface area contributed by atoms with Crippen LogP contribution >= 0.6 is 0 Å². The molecule has 37 heavy (non-hydrogen) atoms. The minimum atomic E-state index is -0.277. The molecule has 1 aliphatic heterocycles. The van der Waals surface area contributed by atoms with Gasteiger partial charge < -0.3 is 14.6 Å². The van der Waals surface area contributed by atoms with Crippen LogP contribution in [0, 0.1) is 6.92 Å². The molecular formula is C30H32N4O3. The smallest absolute Gasteiger partial charge is 0.260 e. The minimum Gasteiger partial charge on any atom is -0.497 e. The molecule has 4 aromatic rings. The molecule has 7 nitrogen and oxygen atoms in total. The first kappa shape index (κ1) is 24.7. The third-order valence-electron chi connectivity index (χ3n) is 6.97. The first-order valence-electron chi connectivity index (χ1n) is 12.8. The fourth-order valence-electron chi connectivity index (χ4n) is 4.85. The summed E-state index contributed by atoms with van der Waals surface area (Å²) in [5.74, 6) is 0.488. The molecule has 1 fully saturated rings. The number of piperidine rings is 1. The first-order chi connectivity index (χ1) is 18.0. The molecule has 5 rings (SSSR count). The number of benzene rings is 2. The highest BCUT2D eigenvalue weighted by Crippen LogP contribution is 2.19. The lowest BCUT2D eigenvalue weighted by atomic mass is 10.1. The number of methoxy groups -OCH3 is 1. The number of nitrogens with zero attached hydrogens (tertiary/aromatic N) is 3. The summed E-state index contributed by atoms with van der Waals surface area (Å²) in [4.78, 5) is 33.4. The first-order valence-corrected chi connectivity index (χ1v) is 12.8. The van der Waals surface area contributed by atoms with E-state index in [9.17, 15) is 9.59 Å². The van der Waals surface area contributed by atoms with E-state index in [0.717, 1.165) is 36.6 Å².